The molecule has 0 aliphatic rings. The van der Waals surface area contributed by atoms with Gasteiger partial charge in [-0.25, -0.2) is 8.42 Å². The third-order valence-electron chi connectivity index (χ3n) is 4.28. The average molecular weight is 413 g/mol. The molecule has 0 aliphatic heterocycles. The Morgan fingerprint density at radius 3 is 2.69 bits per heavy atom. The van der Waals surface area contributed by atoms with Gasteiger partial charge in [-0.15, -0.1) is 0 Å². The lowest BCUT2D eigenvalue weighted by molar-refractivity contribution is 0.0952. The van der Waals surface area contributed by atoms with E-state index in [1.165, 1.54) is 6.92 Å². The van der Waals surface area contributed by atoms with Gasteiger partial charge in [0.05, 0.1) is 23.6 Å². The number of para-hydroxylation sites is 2. The molecule has 0 radical (unpaired) electrons. The molecule has 152 valence electrons. The van der Waals surface area contributed by atoms with Gasteiger partial charge in [0.15, 0.2) is 0 Å². The van der Waals surface area contributed by atoms with Crippen molar-refractivity contribution in [2.45, 2.75) is 13.3 Å². The standard InChI is InChI=1S/C21H23N3O4S/c1-2-29(26,27)24-18-11-4-3-10-17(18)21(25)23-14-7-15-28-19-12-5-8-16-9-6-13-22-20(16)19/h3-6,8-13,24H,2,7,14-15H2,1H3,(H,23,25). The summed E-state index contributed by atoms with van der Waals surface area (Å²) in [7, 11) is -3.46. The van der Waals surface area contributed by atoms with Crippen LogP contribution in [0.1, 0.15) is 23.7 Å². The van der Waals surface area contributed by atoms with Crippen LogP contribution in [0.4, 0.5) is 5.69 Å². The lowest BCUT2D eigenvalue weighted by Crippen LogP contribution is -2.27. The Bertz CT molecular complexity index is 1090. The molecule has 3 aromatic rings. The van der Waals surface area contributed by atoms with E-state index in [0.717, 1.165) is 10.9 Å². The van der Waals surface area contributed by atoms with E-state index >= 15 is 0 Å². The summed E-state index contributed by atoms with van der Waals surface area (Å²) in [5.41, 5.74) is 1.35. The van der Waals surface area contributed by atoms with Gasteiger partial charge < -0.3 is 10.1 Å². The molecular weight excluding hydrogens is 390 g/mol. The molecule has 1 heterocycles. The molecular formula is C21H23N3O4S. The van der Waals surface area contributed by atoms with Crippen molar-refractivity contribution < 1.29 is 17.9 Å². The highest BCUT2D eigenvalue weighted by molar-refractivity contribution is 7.92. The Balaban J connectivity index is 1.53. The van der Waals surface area contributed by atoms with Crippen LogP contribution in [-0.4, -0.2) is 38.2 Å². The van der Waals surface area contributed by atoms with Crippen LogP contribution < -0.4 is 14.8 Å². The van der Waals surface area contributed by atoms with Crippen LogP contribution >= 0.6 is 0 Å². The molecule has 0 saturated heterocycles. The number of nitrogens with zero attached hydrogens (tertiary/aromatic N) is 1. The van der Waals surface area contributed by atoms with E-state index in [-0.39, 0.29) is 22.9 Å². The lowest BCUT2D eigenvalue weighted by atomic mass is 10.1. The number of hydrogen-bond acceptors (Lipinski definition) is 5. The molecule has 0 bridgehead atoms. The topological polar surface area (TPSA) is 97.4 Å². The highest BCUT2D eigenvalue weighted by Gasteiger charge is 2.14. The molecule has 2 N–H and O–H groups in total. The van der Waals surface area contributed by atoms with Crippen molar-refractivity contribution in [3.8, 4) is 5.75 Å². The summed E-state index contributed by atoms with van der Waals surface area (Å²) in [6, 6.07) is 16.1. The predicted molar refractivity (Wildman–Crippen MR) is 114 cm³/mol. The first kappa shape index (κ1) is 20.6. The monoisotopic (exact) mass is 413 g/mol. The molecule has 0 unspecified atom stereocenters. The van der Waals surface area contributed by atoms with Gasteiger partial charge in [-0.2, -0.15) is 0 Å². The number of carbonyl (C=O) groups excluding carboxylic acids is 1. The van der Waals surface area contributed by atoms with E-state index in [4.69, 9.17) is 4.74 Å². The number of carbonyl (C=O) groups is 1. The number of hydrogen-bond donors (Lipinski definition) is 2. The molecule has 8 heteroatoms. The molecule has 3 rings (SSSR count). The number of sulfonamides is 1. The summed E-state index contributed by atoms with van der Waals surface area (Å²) >= 11 is 0. The Labute approximate surface area is 170 Å². The molecule has 0 atom stereocenters. The molecule has 0 saturated carbocycles. The molecule has 0 spiro atoms. The fourth-order valence-corrected chi connectivity index (χ4v) is 3.41. The summed E-state index contributed by atoms with van der Waals surface area (Å²) < 4.78 is 31.9. The van der Waals surface area contributed by atoms with E-state index in [9.17, 15) is 13.2 Å². The first-order valence-corrected chi connectivity index (χ1v) is 11.0. The van der Waals surface area contributed by atoms with Gasteiger partial charge in [0.1, 0.15) is 11.3 Å². The Hall–Kier alpha value is -3.13. The minimum Gasteiger partial charge on any atom is -0.491 e. The van der Waals surface area contributed by atoms with Crippen LogP contribution in [0, 0.1) is 0 Å². The van der Waals surface area contributed by atoms with Crippen molar-refractivity contribution in [1.82, 2.24) is 10.3 Å². The number of aromatic nitrogens is 1. The summed E-state index contributed by atoms with van der Waals surface area (Å²) in [5.74, 6) is 0.295. The second kappa shape index (κ2) is 9.38. The number of pyridine rings is 1. The number of ether oxygens (including phenoxy) is 1. The van der Waals surface area contributed by atoms with Gasteiger partial charge in [0.25, 0.3) is 5.91 Å². The van der Waals surface area contributed by atoms with Crippen molar-refractivity contribution in [3.63, 3.8) is 0 Å². The van der Waals surface area contributed by atoms with Gasteiger partial charge >= 0.3 is 0 Å². The summed E-state index contributed by atoms with van der Waals surface area (Å²) in [5, 5.41) is 3.80. The summed E-state index contributed by atoms with van der Waals surface area (Å²) in [4.78, 5) is 16.8. The molecule has 2 aromatic carbocycles. The van der Waals surface area contributed by atoms with E-state index in [1.54, 1.807) is 30.5 Å². The van der Waals surface area contributed by atoms with E-state index in [2.05, 4.69) is 15.0 Å². The molecule has 7 nitrogen and oxygen atoms in total. The number of rotatable bonds is 9. The van der Waals surface area contributed by atoms with Gasteiger partial charge in [-0.3, -0.25) is 14.5 Å². The smallest absolute Gasteiger partial charge is 0.253 e. The van der Waals surface area contributed by atoms with E-state index < -0.39 is 10.0 Å². The largest absolute Gasteiger partial charge is 0.491 e. The van der Waals surface area contributed by atoms with Crippen LogP contribution in [0.5, 0.6) is 5.75 Å². The average Bonchev–Trinajstić information content (AvgIpc) is 2.73. The van der Waals surface area contributed by atoms with E-state index in [0.29, 0.717) is 25.3 Å². The van der Waals surface area contributed by atoms with Gasteiger partial charge in [0.2, 0.25) is 10.0 Å². The van der Waals surface area contributed by atoms with Crippen LogP contribution in [0.2, 0.25) is 0 Å². The SMILES string of the molecule is CCS(=O)(=O)Nc1ccccc1C(=O)NCCCOc1cccc2cccnc12. The van der Waals surface area contributed by atoms with Gasteiger partial charge in [0, 0.05) is 18.1 Å². The third-order valence-corrected chi connectivity index (χ3v) is 5.57. The minimum atomic E-state index is -3.46. The first-order valence-electron chi connectivity index (χ1n) is 9.34. The third kappa shape index (κ3) is 5.45. The maximum Gasteiger partial charge on any atom is 0.253 e. The number of amides is 1. The normalized spacial score (nSPS) is 11.2. The predicted octanol–water partition coefficient (Wildman–Crippen LogP) is 3.20. The second-order valence-electron chi connectivity index (χ2n) is 6.34. The van der Waals surface area contributed by atoms with Crippen LogP contribution in [0.25, 0.3) is 10.9 Å². The molecule has 1 amide bonds. The summed E-state index contributed by atoms with van der Waals surface area (Å²) in [6.45, 7) is 2.35. The zero-order valence-electron chi connectivity index (χ0n) is 16.1. The Morgan fingerprint density at radius 1 is 1.07 bits per heavy atom. The van der Waals surface area contributed by atoms with Gasteiger partial charge in [-0.1, -0.05) is 30.3 Å². The number of fused-ring (bicyclic) bond motifs is 1. The molecule has 29 heavy (non-hydrogen) atoms. The molecule has 0 fully saturated rings. The molecule has 1 aromatic heterocycles. The second-order valence-corrected chi connectivity index (χ2v) is 8.35. The fourth-order valence-electron chi connectivity index (χ4n) is 2.75. The van der Waals surface area contributed by atoms with Crippen molar-refractivity contribution in [1.29, 1.82) is 0 Å². The Morgan fingerprint density at radius 2 is 1.86 bits per heavy atom. The zero-order chi connectivity index (χ0) is 20.7. The number of benzene rings is 2. The maximum absolute atomic E-state index is 12.5. The first-order chi connectivity index (χ1) is 14.0. The molecule has 0 aliphatic carbocycles. The highest BCUT2D eigenvalue weighted by atomic mass is 32.2. The van der Waals surface area contributed by atoms with Crippen molar-refractivity contribution in [3.05, 3.63) is 66.4 Å². The van der Waals surface area contributed by atoms with Crippen molar-refractivity contribution >= 4 is 32.5 Å². The Kier molecular flexibility index (Phi) is 6.66. The highest BCUT2D eigenvalue weighted by Crippen LogP contribution is 2.23. The zero-order valence-corrected chi connectivity index (χ0v) is 16.9. The lowest BCUT2D eigenvalue weighted by Gasteiger charge is -2.12. The van der Waals surface area contributed by atoms with Crippen molar-refractivity contribution in [2.75, 3.05) is 23.6 Å². The maximum atomic E-state index is 12.5. The van der Waals surface area contributed by atoms with Crippen LogP contribution in [-0.2, 0) is 10.0 Å². The number of nitrogens with one attached hydrogen (secondary N) is 2. The van der Waals surface area contributed by atoms with Crippen LogP contribution in [0.15, 0.2) is 60.8 Å². The minimum absolute atomic E-state index is 0.0662. The van der Waals surface area contributed by atoms with Gasteiger partial charge in [-0.05, 0) is 37.6 Å². The summed E-state index contributed by atoms with van der Waals surface area (Å²) in [6.07, 6.45) is 2.32. The number of anilines is 1. The fraction of sp³-hybridized carbons (Fsp3) is 0.238. The van der Waals surface area contributed by atoms with Crippen LogP contribution in [0.3, 0.4) is 0 Å². The van der Waals surface area contributed by atoms with E-state index in [1.807, 2.05) is 30.3 Å². The van der Waals surface area contributed by atoms with Crippen molar-refractivity contribution in [2.24, 2.45) is 0 Å². The quantitative estimate of drug-likeness (QED) is 0.525.